The molecule has 0 aromatic rings. The Morgan fingerprint density at radius 1 is 1.02 bits per heavy atom. The second-order valence-corrected chi connectivity index (χ2v) is 14.2. The number of nitrogens with zero attached hydrogens (tertiary/aromatic N) is 1. The summed E-state index contributed by atoms with van der Waals surface area (Å²) >= 11 is 0. The lowest BCUT2D eigenvalue weighted by atomic mass is 9.46. The third-order valence-electron chi connectivity index (χ3n) is 11.2. The number of terminal acetylenes is 1. The van der Waals surface area contributed by atoms with Crippen molar-refractivity contribution in [1.29, 1.82) is 0 Å². The summed E-state index contributed by atoms with van der Waals surface area (Å²) in [6.45, 7) is 11.3. The zero-order valence-corrected chi connectivity index (χ0v) is 26.0. The van der Waals surface area contributed by atoms with E-state index in [4.69, 9.17) is 11.3 Å². The fourth-order valence-corrected chi connectivity index (χ4v) is 8.58. The molecule has 3 saturated carbocycles. The summed E-state index contributed by atoms with van der Waals surface area (Å²) in [5.74, 6) is 1.62. The Kier molecular flexibility index (Phi) is 9.18. The molecule has 0 radical (unpaired) electrons. The predicted octanol–water partition coefficient (Wildman–Crippen LogP) is 4.05. The molecule has 4 N–H and O–H groups in total. The van der Waals surface area contributed by atoms with Crippen LogP contribution in [0.25, 0.3) is 0 Å². The van der Waals surface area contributed by atoms with Gasteiger partial charge in [0.1, 0.15) is 17.7 Å². The molecule has 0 aromatic heterocycles. The molecule has 0 aliphatic heterocycles. The molecule has 4 aliphatic rings. The van der Waals surface area contributed by atoms with Gasteiger partial charge < -0.3 is 25.7 Å². The van der Waals surface area contributed by atoms with Crippen molar-refractivity contribution in [2.75, 3.05) is 6.61 Å². The molecular formula is C33H49N3O6. The van der Waals surface area contributed by atoms with Crippen LogP contribution in [0.2, 0.25) is 0 Å². The minimum Gasteiger partial charge on any atom is -0.480 e. The van der Waals surface area contributed by atoms with Crippen LogP contribution < -0.4 is 10.6 Å². The number of carboxylic acids is 1. The first-order valence-electron chi connectivity index (χ1n) is 15.6. The molecule has 8 atom stereocenters. The summed E-state index contributed by atoms with van der Waals surface area (Å²) in [4.78, 5) is 42.3. The van der Waals surface area contributed by atoms with Crippen molar-refractivity contribution in [2.45, 2.75) is 111 Å². The summed E-state index contributed by atoms with van der Waals surface area (Å²) in [6.07, 6.45) is 15.5. The van der Waals surface area contributed by atoms with Gasteiger partial charge in [-0.3, -0.25) is 9.59 Å². The third-order valence-corrected chi connectivity index (χ3v) is 11.2. The predicted molar refractivity (Wildman–Crippen MR) is 160 cm³/mol. The zero-order chi connectivity index (χ0) is 31.0. The first-order valence-corrected chi connectivity index (χ1v) is 15.6. The minimum atomic E-state index is -1.12. The lowest BCUT2D eigenvalue weighted by Gasteiger charge is -2.58. The van der Waals surface area contributed by atoms with E-state index in [1.165, 1.54) is 5.57 Å². The average Bonchev–Trinajstić information content (AvgIpc) is 3.20. The van der Waals surface area contributed by atoms with Gasteiger partial charge in [0, 0.05) is 5.41 Å². The number of carbonyl (C=O) groups is 3. The maximum absolute atomic E-state index is 12.8. The molecular weight excluding hydrogens is 534 g/mol. The average molecular weight is 584 g/mol. The van der Waals surface area contributed by atoms with Gasteiger partial charge in [0.2, 0.25) is 5.91 Å². The van der Waals surface area contributed by atoms with Gasteiger partial charge in [0.15, 0.2) is 6.61 Å². The Morgan fingerprint density at radius 3 is 2.31 bits per heavy atom. The van der Waals surface area contributed by atoms with Crippen LogP contribution in [0.1, 0.15) is 92.9 Å². The van der Waals surface area contributed by atoms with Gasteiger partial charge in [-0.2, -0.15) is 0 Å². The van der Waals surface area contributed by atoms with Crippen LogP contribution in [-0.4, -0.2) is 58.0 Å². The maximum atomic E-state index is 12.8. The van der Waals surface area contributed by atoms with Crippen LogP contribution in [0.3, 0.4) is 0 Å². The smallest absolute Gasteiger partial charge is 0.326 e. The molecule has 2 amide bonds. The lowest BCUT2D eigenvalue weighted by Crippen LogP contribution is -2.55. The molecule has 42 heavy (non-hydrogen) atoms. The van der Waals surface area contributed by atoms with Crippen LogP contribution in [0.15, 0.2) is 16.8 Å². The van der Waals surface area contributed by atoms with Gasteiger partial charge >= 0.3 is 5.97 Å². The number of hydrogen-bond donors (Lipinski definition) is 4. The molecule has 0 unspecified atom stereocenters. The molecule has 0 heterocycles. The fraction of sp³-hybridized carbons (Fsp3) is 0.758. The number of rotatable bonds is 9. The van der Waals surface area contributed by atoms with Gasteiger partial charge in [-0.15, -0.1) is 6.42 Å². The van der Waals surface area contributed by atoms with Crippen molar-refractivity contribution in [3.05, 3.63) is 11.6 Å². The summed E-state index contributed by atoms with van der Waals surface area (Å²) in [7, 11) is 0. The number of carboxylic acid groups (broad SMARTS) is 1. The monoisotopic (exact) mass is 583 g/mol. The van der Waals surface area contributed by atoms with E-state index in [0.717, 1.165) is 50.7 Å². The Morgan fingerprint density at radius 2 is 1.69 bits per heavy atom. The van der Waals surface area contributed by atoms with Crippen molar-refractivity contribution in [3.8, 4) is 12.3 Å². The van der Waals surface area contributed by atoms with Crippen LogP contribution in [-0.2, 0) is 19.2 Å². The zero-order valence-electron chi connectivity index (χ0n) is 26.0. The normalized spacial score (nSPS) is 36.1. The molecule has 0 bridgehead atoms. The van der Waals surface area contributed by atoms with Gasteiger partial charge in [0.05, 0.1) is 5.71 Å². The largest absolute Gasteiger partial charge is 0.480 e. The summed E-state index contributed by atoms with van der Waals surface area (Å²) in [5, 5.41) is 30.1. The van der Waals surface area contributed by atoms with Crippen LogP contribution in [0.4, 0.5) is 0 Å². The summed E-state index contributed by atoms with van der Waals surface area (Å²) < 4.78 is 0. The molecule has 0 spiro atoms. The number of nitrogens with one attached hydrogen (secondary N) is 2. The summed E-state index contributed by atoms with van der Waals surface area (Å²) in [5.41, 5.74) is 1.09. The molecule has 0 aromatic carbocycles. The van der Waals surface area contributed by atoms with E-state index in [0.29, 0.717) is 24.2 Å². The Labute approximate surface area is 250 Å². The van der Waals surface area contributed by atoms with Crippen molar-refractivity contribution < 1.29 is 29.4 Å². The SMILES string of the molecule is C#C[C@@]1(O)CC[C@@H]2[C@@H]3CCC4=CC(=NOCC(=O)N[C@H](C(=O)N[C@@H](C(=O)O)C(C)C)C(C)C)CC[C@]4(C)[C@H]3CC[C@@]21C. The number of aliphatic hydroxyl groups is 1. The van der Waals surface area contributed by atoms with Crippen LogP contribution in [0.5, 0.6) is 0 Å². The topological polar surface area (TPSA) is 137 Å². The van der Waals surface area contributed by atoms with Gasteiger partial charge in [0.25, 0.3) is 5.91 Å². The van der Waals surface area contributed by atoms with E-state index >= 15 is 0 Å². The Hall–Kier alpha value is -2.86. The highest BCUT2D eigenvalue weighted by molar-refractivity contribution is 5.96. The van der Waals surface area contributed by atoms with Crippen LogP contribution in [0, 0.1) is 52.8 Å². The highest BCUT2D eigenvalue weighted by atomic mass is 16.6. The number of fused-ring (bicyclic) bond motifs is 5. The maximum Gasteiger partial charge on any atom is 0.326 e. The summed E-state index contributed by atoms with van der Waals surface area (Å²) in [6, 6.07) is -1.93. The van der Waals surface area contributed by atoms with Gasteiger partial charge in [-0.05, 0) is 92.4 Å². The van der Waals surface area contributed by atoms with E-state index < -0.39 is 35.5 Å². The molecule has 4 rings (SSSR count). The Balaban J connectivity index is 1.36. The highest BCUT2D eigenvalue weighted by Crippen LogP contribution is 2.67. The van der Waals surface area contributed by atoms with Gasteiger partial charge in [-0.1, -0.05) is 58.2 Å². The molecule has 9 nitrogen and oxygen atoms in total. The number of oxime groups is 1. The molecule has 4 aliphatic carbocycles. The number of amides is 2. The van der Waals surface area contributed by atoms with Crippen molar-refractivity contribution >= 4 is 23.5 Å². The second kappa shape index (κ2) is 12.0. The molecule has 232 valence electrons. The van der Waals surface area contributed by atoms with Crippen LogP contribution >= 0.6 is 0 Å². The van der Waals surface area contributed by atoms with E-state index in [2.05, 4.69) is 41.6 Å². The van der Waals surface area contributed by atoms with E-state index in [9.17, 15) is 24.6 Å². The number of aliphatic carboxylic acids is 1. The molecule has 0 saturated heterocycles. The van der Waals surface area contributed by atoms with Crippen molar-refractivity contribution in [3.63, 3.8) is 0 Å². The number of hydrogen-bond acceptors (Lipinski definition) is 6. The standard InChI is InChI=1S/C33H49N3O6/c1-8-33(41)16-13-25-23-10-9-21-17-22(11-14-31(21,6)24(23)12-15-32(25,33)7)36-42-18-26(37)34-27(19(2)3)29(38)35-28(20(4)5)30(39)40/h1,17,19-20,23-25,27-28,41H,9-16,18H2,2-7H3,(H,34,37)(H,35,38)(H,39,40)/t23-,24+,25-,27+,28-,31+,32+,33-/m1/s1. The third kappa shape index (κ3) is 5.71. The molecule has 3 fully saturated rings. The van der Waals surface area contributed by atoms with Crippen molar-refractivity contribution in [2.24, 2.45) is 45.6 Å². The van der Waals surface area contributed by atoms with E-state index in [-0.39, 0.29) is 29.3 Å². The van der Waals surface area contributed by atoms with E-state index in [1.54, 1.807) is 27.7 Å². The number of allylic oxidation sites excluding steroid dienone is 2. The Bertz CT molecular complexity index is 1190. The fourth-order valence-electron chi connectivity index (χ4n) is 8.58. The number of carbonyl (C=O) groups excluding carboxylic acids is 2. The second-order valence-electron chi connectivity index (χ2n) is 14.2. The highest BCUT2D eigenvalue weighted by Gasteiger charge is 2.63. The minimum absolute atomic E-state index is 0.0825. The first-order chi connectivity index (χ1) is 19.7. The molecule has 9 heteroatoms. The van der Waals surface area contributed by atoms with E-state index in [1.807, 2.05) is 0 Å². The van der Waals surface area contributed by atoms with Crippen molar-refractivity contribution in [1.82, 2.24) is 10.6 Å². The lowest BCUT2D eigenvalue weighted by molar-refractivity contribution is -0.143. The first kappa shape index (κ1) is 32.1. The quantitative estimate of drug-likeness (QED) is 0.239. The van der Waals surface area contributed by atoms with Gasteiger partial charge in [-0.25, -0.2) is 4.79 Å².